The van der Waals surface area contributed by atoms with Crippen LogP contribution in [0, 0.1) is 0 Å². The fourth-order valence-corrected chi connectivity index (χ4v) is 1.61. The molecule has 0 saturated heterocycles. The minimum Gasteiger partial charge on any atom is -0.468 e. The van der Waals surface area contributed by atoms with E-state index in [4.69, 9.17) is 10.2 Å². The highest BCUT2D eigenvalue weighted by Gasteiger charge is 2.24. The Morgan fingerprint density at radius 2 is 2.27 bits per heavy atom. The molecule has 0 aliphatic rings. The van der Waals surface area contributed by atoms with Crippen LogP contribution in [0.3, 0.4) is 0 Å². The van der Waals surface area contributed by atoms with Crippen molar-refractivity contribution in [3.8, 4) is 0 Å². The molecule has 1 aromatic heterocycles. The summed E-state index contributed by atoms with van der Waals surface area (Å²) in [7, 11) is 0. The molecule has 2 N–H and O–H groups in total. The minimum absolute atomic E-state index is 0.0810. The maximum absolute atomic E-state index is 5.59. The zero-order valence-corrected chi connectivity index (χ0v) is 8.31. The fraction of sp³-hybridized carbons (Fsp3) is 0.500. The molecule has 0 amide bonds. The van der Waals surface area contributed by atoms with Crippen LogP contribution in [0.2, 0.25) is 0 Å². The first-order valence-electron chi connectivity index (χ1n) is 3.51. The number of rotatable bonds is 2. The quantitative estimate of drug-likeness (QED) is 0.826. The molecule has 62 valence electrons. The van der Waals surface area contributed by atoms with Crippen LogP contribution in [0.4, 0.5) is 0 Å². The lowest BCUT2D eigenvalue weighted by molar-refractivity contribution is 0.389. The van der Waals surface area contributed by atoms with Gasteiger partial charge in [-0.05, 0) is 22.0 Å². The molecule has 0 aliphatic heterocycles. The van der Waals surface area contributed by atoms with Crippen LogP contribution >= 0.6 is 15.9 Å². The largest absolute Gasteiger partial charge is 0.468 e. The van der Waals surface area contributed by atoms with Gasteiger partial charge in [0.2, 0.25) is 0 Å². The van der Waals surface area contributed by atoms with Crippen molar-refractivity contribution in [2.75, 3.05) is 6.54 Å². The lowest BCUT2D eigenvalue weighted by Gasteiger charge is -2.19. The van der Waals surface area contributed by atoms with Gasteiger partial charge in [0.25, 0.3) is 0 Å². The summed E-state index contributed by atoms with van der Waals surface area (Å²) >= 11 is 3.39. The van der Waals surface area contributed by atoms with Crippen LogP contribution in [0.5, 0.6) is 0 Å². The molecule has 3 heteroatoms. The van der Waals surface area contributed by atoms with Crippen molar-refractivity contribution in [2.24, 2.45) is 5.73 Å². The lowest BCUT2D eigenvalue weighted by atomic mass is 9.91. The van der Waals surface area contributed by atoms with E-state index < -0.39 is 0 Å². The zero-order valence-electron chi connectivity index (χ0n) is 6.73. The molecule has 0 saturated carbocycles. The first-order valence-corrected chi connectivity index (χ1v) is 4.31. The molecule has 11 heavy (non-hydrogen) atoms. The zero-order chi connectivity index (χ0) is 8.48. The number of hydrogen-bond acceptors (Lipinski definition) is 2. The van der Waals surface area contributed by atoms with Crippen molar-refractivity contribution in [2.45, 2.75) is 19.3 Å². The van der Waals surface area contributed by atoms with Gasteiger partial charge in [-0.3, -0.25) is 0 Å². The average molecular weight is 218 g/mol. The van der Waals surface area contributed by atoms with Gasteiger partial charge in [0.15, 0.2) is 0 Å². The van der Waals surface area contributed by atoms with Crippen LogP contribution < -0.4 is 5.73 Å². The molecule has 2 nitrogen and oxygen atoms in total. The monoisotopic (exact) mass is 217 g/mol. The second-order valence-corrected chi connectivity index (χ2v) is 4.04. The third-order valence-electron chi connectivity index (χ3n) is 1.74. The summed E-state index contributed by atoms with van der Waals surface area (Å²) in [6, 6.07) is 1.88. The van der Waals surface area contributed by atoms with E-state index in [1.54, 1.807) is 6.26 Å². The van der Waals surface area contributed by atoms with Gasteiger partial charge in [0.1, 0.15) is 5.76 Å². The number of halogens is 1. The summed E-state index contributed by atoms with van der Waals surface area (Å²) in [6.45, 7) is 4.69. The van der Waals surface area contributed by atoms with E-state index in [0.29, 0.717) is 6.54 Å². The molecule has 1 aromatic rings. The molecule has 0 fully saturated rings. The molecular formula is C8H12BrNO. The van der Waals surface area contributed by atoms with Crippen molar-refractivity contribution in [3.63, 3.8) is 0 Å². The Morgan fingerprint density at radius 1 is 1.64 bits per heavy atom. The third kappa shape index (κ3) is 1.65. The molecule has 0 bridgehead atoms. The van der Waals surface area contributed by atoms with E-state index >= 15 is 0 Å². The molecule has 1 heterocycles. The Labute approximate surface area is 74.9 Å². The van der Waals surface area contributed by atoms with E-state index in [1.807, 2.05) is 6.07 Å². The van der Waals surface area contributed by atoms with Crippen LogP contribution in [0.15, 0.2) is 21.2 Å². The normalized spacial score (nSPS) is 12.0. The average Bonchev–Trinajstić information content (AvgIpc) is 2.36. The second-order valence-electron chi connectivity index (χ2n) is 3.19. The lowest BCUT2D eigenvalue weighted by Crippen LogP contribution is -2.27. The fourth-order valence-electron chi connectivity index (χ4n) is 0.869. The van der Waals surface area contributed by atoms with Crippen molar-refractivity contribution >= 4 is 15.9 Å². The molecule has 1 rings (SSSR count). The first kappa shape index (κ1) is 8.81. The van der Waals surface area contributed by atoms with E-state index in [2.05, 4.69) is 29.8 Å². The van der Waals surface area contributed by atoms with Crippen LogP contribution in [0.25, 0.3) is 0 Å². The van der Waals surface area contributed by atoms with E-state index in [9.17, 15) is 0 Å². The highest BCUT2D eigenvalue weighted by atomic mass is 79.9. The number of nitrogens with two attached hydrogens (primary N) is 1. The predicted molar refractivity (Wildman–Crippen MR) is 48.5 cm³/mol. The Hall–Kier alpha value is -0.280. The summed E-state index contributed by atoms with van der Waals surface area (Å²) in [5.74, 6) is 0.917. The smallest absolute Gasteiger partial charge is 0.124 e. The predicted octanol–water partition coefficient (Wildman–Crippen LogP) is 2.28. The molecule has 0 spiro atoms. The second kappa shape index (κ2) is 2.99. The van der Waals surface area contributed by atoms with Gasteiger partial charge >= 0.3 is 0 Å². The summed E-state index contributed by atoms with van der Waals surface area (Å²) in [4.78, 5) is 0. The van der Waals surface area contributed by atoms with Crippen molar-refractivity contribution < 1.29 is 4.42 Å². The topological polar surface area (TPSA) is 39.2 Å². The molecule has 0 unspecified atom stereocenters. The van der Waals surface area contributed by atoms with Gasteiger partial charge in [-0.25, -0.2) is 0 Å². The molecule has 0 aliphatic carbocycles. The maximum Gasteiger partial charge on any atom is 0.124 e. The van der Waals surface area contributed by atoms with Gasteiger partial charge in [-0.2, -0.15) is 0 Å². The number of furan rings is 1. The molecule has 0 aromatic carbocycles. The maximum atomic E-state index is 5.59. The van der Waals surface area contributed by atoms with Gasteiger partial charge in [-0.1, -0.05) is 13.8 Å². The summed E-state index contributed by atoms with van der Waals surface area (Å²) in [5.41, 5.74) is 5.50. The molecule has 0 radical (unpaired) electrons. The minimum atomic E-state index is -0.0810. The van der Waals surface area contributed by atoms with Crippen molar-refractivity contribution in [1.82, 2.24) is 0 Å². The Kier molecular flexibility index (Phi) is 2.40. The first-order chi connectivity index (χ1) is 5.08. The van der Waals surface area contributed by atoms with Crippen molar-refractivity contribution in [1.29, 1.82) is 0 Å². The van der Waals surface area contributed by atoms with Crippen LogP contribution in [-0.4, -0.2) is 6.54 Å². The van der Waals surface area contributed by atoms with E-state index in [1.165, 1.54) is 0 Å². The highest BCUT2D eigenvalue weighted by Crippen LogP contribution is 2.29. The van der Waals surface area contributed by atoms with E-state index in [0.717, 1.165) is 10.2 Å². The highest BCUT2D eigenvalue weighted by molar-refractivity contribution is 9.10. The Bertz CT molecular complexity index is 242. The summed E-state index contributed by atoms with van der Waals surface area (Å²) < 4.78 is 6.29. The van der Waals surface area contributed by atoms with Gasteiger partial charge in [-0.15, -0.1) is 0 Å². The van der Waals surface area contributed by atoms with Crippen LogP contribution in [-0.2, 0) is 5.41 Å². The van der Waals surface area contributed by atoms with Crippen LogP contribution in [0.1, 0.15) is 19.6 Å². The van der Waals surface area contributed by atoms with Gasteiger partial charge < -0.3 is 10.2 Å². The third-order valence-corrected chi connectivity index (χ3v) is 2.37. The van der Waals surface area contributed by atoms with Gasteiger partial charge in [0, 0.05) is 12.0 Å². The van der Waals surface area contributed by atoms with E-state index in [-0.39, 0.29) is 5.41 Å². The SMILES string of the molecule is CC(C)(CN)c1occc1Br. The number of hydrogen-bond donors (Lipinski definition) is 1. The molecule has 0 atom stereocenters. The van der Waals surface area contributed by atoms with Crippen molar-refractivity contribution in [3.05, 3.63) is 22.6 Å². The molecular weight excluding hydrogens is 206 g/mol. The van der Waals surface area contributed by atoms with Gasteiger partial charge in [0.05, 0.1) is 10.7 Å². The Balaban J connectivity index is 3.00. The summed E-state index contributed by atoms with van der Waals surface area (Å²) in [6.07, 6.45) is 1.66. The standard InChI is InChI=1S/C8H12BrNO/c1-8(2,5-10)7-6(9)3-4-11-7/h3-4H,5,10H2,1-2H3. The summed E-state index contributed by atoms with van der Waals surface area (Å²) in [5, 5.41) is 0. The Morgan fingerprint density at radius 3 is 2.64 bits per heavy atom.